The molecular weight excluding hydrogens is 132 g/mol. The van der Waals surface area contributed by atoms with E-state index in [2.05, 4.69) is 13.8 Å². The van der Waals surface area contributed by atoms with Crippen LogP contribution in [0.1, 0.15) is 46.0 Å². The molecule has 0 heterocycles. The number of hydrogen-bond donors (Lipinski definition) is 0. The zero-order valence-corrected chi connectivity index (χ0v) is 7.84. The van der Waals surface area contributed by atoms with E-state index < -0.39 is 0 Å². The summed E-state index contributed by atoms with van der Waals surface area (Å²) in [6, 6.07) is 0. The summed E-state index contributed by atoms with van der Waals surface area (Å²) < 4.78 is 0. The Morgan fingerprint density at radius 2 is 1.82 bits per heavy atom. The van der Waals surface area contributed by atoms with E-state index in [0.29, 0.717) is 0 Å². The molecule has 0 aromatic carbocycles. The molecule has 2 saturated carbocycles. The fourth-order valence-corrected chi connectivity index (χ4v) is 3.39. The maximum atomic E-state index is 2.47. The van der Waals surface area contributed by atoms with Crippen molar-refractivity contribution in [2.24, 2.45) is 23.7 Å². The predicted octanol–water partition coefficient (Wildman–Crippen LogP) is 3.47. The molecule has 0 N–H and O–H groups in total. The summed E-state index contributed by atoms with van der Waals surface area (Å²) in [5, 5.41) is 0. The van der Waals surface area contributed by atoms with Crippen molar-refractivity contribution in [1.82, 2.24) is 0 Å². The lowest BCUT2D eigenvalue weighted by atomic mass is 9.75. The molecule has 2 aliphatic rings. The molecule has 0 aromatic rings. The summed E-state index contributed by atoms with van der Waals surface area (Å²) >= 11 is 0. The first-order valence-electron chi connectivity index (χ1n) is 5.27. The van der Waals surface area contributed by atoms with E-state index in [4.69, 9.17) is 0 Å². The molecule has 0 aliphatic heterocycles. The van der Waals surface area contributed by atoms with Crippen molar-refractivity contribution in [2.45, 2.75) is 46.0 Å². The highest BCUT2D eigenvalue weighted by molar-refractivity contribution is 4.87. The quantitative estimate of drug-likeness (QED) is 0.498. The molecular formula is C11H20. The van der Waals surface area contributed by atoms with Crippen LogP contribution in [0.25, 0.3) is 0 Å². The minimum atomic E-state index is 1.03. The van der Waals surface area contributed by atoms with Gasteiger partial charge in [-0.1, -0.05) is 33.1 Å². The second-order valence-corrected chi connectivity index (χ2v) is 4.91. The first-order valence-corrected chi connectivity index (χ1v) is 5.27. The van der Waals surface area contributed by atoms with Gasteiger partial charge in [0.1, 0.15) is 0 Å². The Hall–Kier alpha value is 0. The Bertz CT molecular complexity index is 139. The molecule has 4 atom stereocenters. The van der Waals surface area contributed by atoms with Gasteiger partial charge in [-0.25, -0.2) is 0 Å². The van der Waals surface area contributed by atoms with Gasteiger partial charge in [0.05, 0.1) is 0 Å². The lowest BCUT2D eigenvalue weighted by molar-refractivity contribution is 0.197. The zero-order valence-electron chi connectivity index (χ0n) is 7.84. The van der Waals surface area contributed by atoms with Gasteiger partial charge >= 0.3 is 0 Å². The first kappa shape index (κ1) is 7.64. The summed E-state index contributed by atoms with van der Waals surface area (Å²) in [4.78, 5) is 0. The van der Waals surface area contributed by atoms with Crippen molar-refractivity contribution < 1.29 is 0 Å². The second kappa shape index (κ2) is 2.80. The molecule has 2 aliphatic carbocycles. The van der Waals surface area contributed by atoms with Gasteiger partial charge < -0.3 is 0 Å². The Kier molecular flexibility index (Phi) is 1.95. The van der Waals surface area contributed by atoms with Gasteiger partial charge in [-0.2, -0.15) is 0 Å². The van der Waals surface area contributed by atoms with Crippen molar-refractivity contribution in [2.75, 3.05) is 0 Å². The summed E-state index contributed by atoms with van der Waals surface area (Å²) in [6.45, 7) is 4.90. The molecule has 2 fully saturated rings. The van der Waals surface area contributed by atoms with E-state index in [9.17, 15) is 0 Å². The van der Waals surface area contributed by atoms with Gasteiger partial charge in [0.2, 0.25) is 0 Å². The molecule has 0 spiro atoms. The third-order valence-electron chi connectivity index (χ3n) is 3.95. The molecule has 0 nitrogen and oxygen atoms in total. The maximum Gasteiger partial charge on any atom is -0.0357 e. The molecule has 2 rings (SSSR count). The first-order chi connectivity index (χ1) is 5.27. The van der Waals surface area contributed by atoms with Crippen molar-refractivity contribution in [3.63, 3.8) is 0 Å². The van der Waals surface area contributed by atoms with E-state index in [1.807, 2.05) is 0 Å². The third kappa shape index (κ3) is 1.32. The normalized spacial score (nSPS) is 50.7. The van der Waals surface area contributed by atoms with Crippen LogP contribution in [0.5, 0.6) is 0 Å². The van der Waals surface area contributed by atoms with Gasteiger partial charge in [0, 0.05) is 0 Å². The largest absolute Gasteiger partial charge is 0.0625 e. The second-order valence-electron chi connectivity index (χ2n) is 4.91. The van der Waals surface area contributed by atoms with Crippen LogP contribution in [0.15, 0.2) is 0 Å². The van der Waals surface area contributed by atoms with Crippen LogP contribution in [-0.2, 0) is 0 Å². The Morgan fingerprint density at radius 3 is 2.55 bits per heavy atom. The maximum absolute atomic E-state index is 2.47. The SMILES string of the molecule is C[C@H]1CC2CCC[C@@H](C)C2C1. The summed E-state index contributed by atoms with van der Waals surface area (Å²) in [7, 11) is 0. The molecule has 64 valence electrons. The highest BCUT2D eigenvalue weighted by Crippen LogP contribution is 2.47. The number of rotatable bonds is 0. The van der Waals surface area contributed by atoms with E-state index in [1.165, 1.54) is 25.7 Å². The van der Waals surface area contributed by atoms with Crippen LogP contribution in [0.2, 0.25) is 0 Å². The summed E-state index contributed by atoms with van der Waals surface area (Å²) in [6.07, 6.45) is 7.63. The molecule has 0 radical (unpaired) electrons. The van der Waals surface area contributed by atoms with E-state index in [-0.39, 0.29) is 0 Å². The Labute approximate surface area is 70.4 Å². The fraction of sp³-hybridized carbons (Fsp3) is 1.00. The zero-order chi connectivity index (χ0) is 7.84. The lowest BCUT2D eigenvalue weighted by Gasteiger charge is -2.31. The molecule has 2 unspecified atom stereocenters. The molecule has 0 bridgehead atoms. The Balaban J connectivity index is 2.03. The van der Waals surface area contributed by atoms with E-state index >= 15 is 0 Å². The van der Waals surface area contributed by atoms with Crippen LogP contribution in [-0.4, -0.2) is 0 Å². The number of hydrogen-bond acceptors (Lipinski definition) is 0. The monoisotopic (exact) mass is 152 g/mol. The fourth-order valence-electron chi connectivity index (χ4n) is 3.39. The predicted molar refractivity (Wildman–Crippen MR) is 48.4 cm³/mol. The minimum Gasteiger partial charge on any atom is -0.0625 e. The number of fused-ring (bicyclic) bond motifs is 1. The minimum absolute atomic E-state index is 1.03. The van der Waals surface area contributed by atoms with E-state index in [0.717, 1.165) is 23.7 Å². The molecule has 0 amide bonds. The van der Waals surface area contributed by atoms with Gasteiger partial charge in [-0.05, 0) is 36.5 Å². The van der Waals surface area contributed by atoms with Gasteiger partial charge in [-0.3, -0.25) is 0 Å². The van der Waals surface area contributed by atoms with Crippen LogP contribution < -0.4 is 0 Å². The van der Waals surface area contributed by atoms with Gasteiger partial charge in [0.15, 0.2) is 0 Å². The average Bonchev–Trinajstić information content (AvgIpc) is 2.31. The molecule has 11 heavy (non-hydrogen) atoms. The van der Waals surface area contributed by atoms with Crippen LogP contribution in [0, 0.1) is 23.7 Å². The van der Waals surface area contributed by atoms with Crippen molar-refractivity contribution in [3.05, 3.63) is 0 Å². The van der Waals surface area contributed by atoms with Crippen LogP contribution >= 0.6 is 0 Å². The van der Waals surface area contributed by atoms with E-state index in [1.54, 1.807) is 6.42 Å². The Morgan fingerprint density at radius 1 is 1.00 bits per heavy atom. The van der Waals surface area contributed by atoms with Gasteiger partial charge in [-0.15, -0.1) is 0 Å². The van der Waals surface area contributed by atoms with Crippen LogP contribution in [0.4, 0.5) is 0 Å². The molecule has 0 heteroatoms. The average molecular weight is 152 g/mol. The standard InChI is InChI=1S/C11H20/c1-8-6-10-5-3-4-9(2)11(10)7-8/h8-11H,3-7H2,1-2H3/t8-,9+,10?,11?/m0/s1. The van der Waals surface area contributed by atoms with Crippen molar-refractivity contribution >= 4 is 0 Å². The third-order valence-corrected chi connectivity index (χ3v) is 3.95. The lowest BCUT2D eigenvalue weighted by Crippen LogP contribution is -2.21. The summed E-state index contributed by atoms with van der Waals surface area (Å²) in [5.41, 5.74) is 0. The molecule has 0 saturated heterocycles. The smallest absolute Gasteiger partial charge is 0.0357 e. The van der Waals surface area contributed by atoms with Crippen LogP contribution in [0.3, 0.4) is 0 Å². The highest BCUT2D eigenvalue weighted by Gasteiger charge is 2.37. The molecule has 0 aromatic heterocycles. The summed E-state index contributed by atoms with van der Waals surface area (Å²) in [5.74, 6) is 4.30. The highest BCUT2D eigenvalue weighted by atomic mass is 14.4. The van der Waals surface area contributed by atoms with Gasteiger partial charge in [0.25, 0.3) is 0 Å². The van der Waals surface area contributed by atoms with Crippen molar-refractivity contribution in [1.29, 1.82) is 0 Å². The van der Waals surface area contributed by atoms with Crippen molar-refractivity contribution in [3.8, 4) is 0 Å². The topological polar surface area (TPSA) is 0 Å².